The third-order valence-corrected chi connectivity index (χ3v) is 4.91. The number of nitrogens with zero attached hydrogens (tertiary/aromatic N) is 3. The number of benzene rings is 2. The molecule has 1 unspecified atom stereocenters. The summed E-state index contributed by atoms with van der Waals surface area (Å²) >= 11 is 0. The molecule has 25 heavy (non-hydrogen) atoms. The SMILES string of the molecule is CC(CNCc1ccc(C#N)cc1)N1CCN(c2ccccc2)CC1. The van der Waals surface area contributed by atoms with Gasteiger partial charge < -0.3 is 10.2 Å². The first-order valence-corrected chi connectivity index (χ1v) is 9.00. The van der Waals surface area contributed by atoms with Gasteiger partial charge in [0, 0.05) is 51.0 Å². The van der Waals surface area contributed by atoms with Crippen LogP contribution in [0.4, 0.5) is 5.69 Å². The number of para-hydroxylation sites is 1. The van der Waals surface area contributed by atoms with Gasteiger partial charge in [0.15, 0.2) is 0 Å². The Balaban J connectivity index is 1.40. The van der Waals surface area contributed by atoms with Gasteiger partial charge in [-0.1, -0.05) is 30.3 Å². The van der Waals surface area contributed by atoms with Crippen molar-refractivity contribution in [1.82, 2.24) is 10.2 Å². The lowest BCUT2D eigenvalue weighted by Gasteiger charge is -2.39. The second-order valence-corrected chi connectivity index (χ2v) is 6.65. The third kappa shape index (κ3) is 4.82. The van der Waals surface area contributed by atoms with Gasteiger partial charge in [0.25, 0.3) is 0 Å². The van der Waals surface area contributed by atoms with Crippen LogP contribution in [0.25, 0.3) is 0 Å². The zero-order chi connectivity index (χ0) is 17.5. The van der Waals surface area contributed by atoms with E-state index in [1.165, 1.54) is 11.3 Å². The Morgan fingerprint density at radius 1 is 1.00 bits per heavy atom. The minimum absolute atomic E-state index is 0.524. The van der Waals surface area contributed by atoms with Crippen LogP contribution in [0.2, 0.25) is 0 Å². The lowest BCUT2D eigenvalue weighted by atomic mass is 10.1. The molecule has 0 amide bonds. The molecule has 2 aromatic rings. The van der Waals surface area contributed by atoms with Crippen molar-refractivity contribution < 1.29 is 0 Å². The second kappa shape index (κ2) is 8.66. The first kappa shape index (κ1) is 17.5. The number of nitriles is 1. The van der Waals surface area contributed by atoms with E-state index in [0.717, 1.165) is 39.3 Å². The van der Waals surface area contributed by atoms with Crippen molar-refractivity contribution in [1.29, 1.82) is 5.26 Å². The highest BCUT2D eigenvalue weighted by Crippen LogP contribution is 2.16. The molecule has 2 aromatic carbocycles. The maximum Gasteiger partial charge on any atom is 0.0991 e. The molecule has 4 nitrogen and oxygen atoms in total. The van der Waals surface area contributed by atoms with Crippen LogP contribution in [-0.2, 0) is 6.54 Å². The van der Waals surface area contributed by atoms with E-state index in [9.17, 15) is 0 Å². The predicted octanol–water partition coefficient (Wildman–Crippen LogP) is 2.86. The number of hydrogen-bond acceptors (Lipinski definition) is 4. The van der Waals surface area contributed by atoms with Crippen LogP contribution in [-0.4, -0.2) is 43.7 Å². The Labute approximate surface area is 150 Å². The maximum atomic E-state index is 8.84. The number of hydrogen-bond donors (Lipinski definition) is 1. The van der Waals surface area contributed by atoms with Crippen molar-refractivity contribution in [3.05, 3.63) is 65.7 Å². The lowest BCUT2D eigenvalue weighted by molar-refractivity contribution is 0.193. The molecule has 1 fully saturated rings. The van der Waals surface area contributed by atoms with Crippen molar-refractivity contribution in [2.24, 2.45) is 0 Å². The van der Waals surface area contributed by atoms with E-state index in [2.05, 4.69) is 58.4 Å². The molecule has 1 atom stereocenters. The summed E-state index contributed by atoms with van der Waals surface area (Å²) in [6.07, 6.45) is 0. The van der Waals surface area contributed by atoms with Crippen LogP contribution >= 0.6 is 0 Å². The topological polar surface area (TPSA) is 42.3 Å². The minimum atomic E-state index is 0.524. The normalized spacial score (nSPS) is 16.4. The van der Waals surface area contributed by atoms with Crippen molar-refractivity contribution in [3.63, 3.8) is 0 Å². The monoisotopic (exact) mass is 334 g/mol. The average Bonchev–Trinajstić information content (AvgIpc) is 2.69. The molecule has 0 radical (unpaired) electrons. The summed E-state index contributed by atoms with van der Waals surface area (Å²) in [5.74, 6) is 0. The van der Waals surface area contributed by atoms with Crippen molar-refractivity contribution in [2.75, 3.05) is 37.6 Å². The van der Waals surface area contributed by atoms with E-state index in [1.54, 1.807) is 0 Å². The number of anilines is 1. The van der Waals surface area contributed by atoms with E-state index >= 15 is 0 Å². The van der Waals surface area contributed by atoms with E-state index in [4.69, 9.17) is 5.26 Å². The lowest BCUT2D eigenvalue weighted by Crippen LogP contribution is -2.51. The summed E-state index contributed by atoms with van der Waals surface area (Å²) in [5.41, 5.74) is 3.27. The molecule has 1 N–H and O–H groups in total. The minimum Gasteiger partial charge on any atom is -0.369 e. The van der Waals surface area contributed by atoms with Gasteiger partial charge in [-0.2, -0.15) is 5.26 Å². The summed E-state index contributed by atoms with van der Waals surface area (Å²) in [6, 6.07) is 21.2. The molecule has 0 saturated carbocycles. The van der Waals surface area contributed by atoms with Crippen molar-refractivity contribution in [3.8, 4) is 6.07 Å². The largest absolute Gasteiger partial charge is 0.369 e. The molecular formula is C21H26N4. The third-order valence-electron chi connectivity index (χ3n) is 4.91. The number of piperazine rings is 1. The first-order valence-electron chi connectivity index (χ1n) is 9.00. The summed E-state index contributed by atoms with van der Waals surface area (Å²) in [4.78, 5) is 5.03. The van der Waals surface area contributed by atoms with E-state index in [1.807, 2.05) is 24.3 Å². The highest BCUT2D eigenvalue weighted by Gasteiger charge is 2.20. The van der Waals surface area contributed by atoms with Gasteiger partial charge in [-0.3, -0.25) is 4.90 Å². The van der Waals surface area contributed by atoms with Gasteiger partial charge >= 0.3 is 0 Å². The molecule has 1 saturated heterocycles. The van der Waals surface area contributed by atoms with E-state index in [0.29, 0.717) is 11.6 Å². The van der Waals surface area contributed by atoms with Gasteiger partial charge in [0.2, 0.25) is 0 Å². The van der Waals surface area contributed by atoms with Crippen LogP contribution < -0.4 is 10.2 Å². The summed E-state index contributed by atoms with van der Waals surface area (Å²) < 4.78 is 0. The van der Waals surface area contributed by atoms with Crippen molar-refractivity contribution >= 4 is 5.69 Å². The first-order chi connectivity index (χ1) is 12.3. The van der Waals surface area contributed by atoms with Crippen LogP contribution in [0.15, 0.2) is 54.6 Å². The molecule has 4 heteroatoms. The number of nitrogens with one attached hydrogen (secondary N) is 1. The Hall–Kier alpha value is -2.35. The summed E-state index contributed by atoms with van der Waals surface area (Å²) in [6.45, 7) is 8.51. The molecule has 0 aromatic heterocycles. The fourth-order valence-corrected chi connectivity index (χ4v) is 3.31. The van der Waals surface area contributed by atoms with Crippen LogP contribution in [0.1, 0.15) is 18.1 Å². The van der Waals surface area contributed by atoms with Crippen molar-refractivity contribution in [2.45, 2.75) is 19.5 Å². The summed E-state index contributed by atoms with van der Waals surface area (Å²) in [7, 11) is 0. The highest BCUT2D eigenvalue weighted by molar-refractivity contribution is 5.46. The zero-order valence-electron chi connectivity index (χ0n) is 14.9. The molecule has 3 rings (SSSR count). The zero-order valence-corrected chi connectivity index (χ0v) is 14.9. The highest BCUT2D eigenvalue weighted by atomic mass is 15.3. The fourth-order valence-electron chi connectivity index (χ4n) is 3.31. The Morgan fingerprint density at radius 3 is 2.32 bits per heavy atom. The Morgan fingerprint density at radius 2 is 1.68 bits per heavy atom. The van der Waals surface area contributed by atoms with Gasteiger partial charge in [-0.25, -0.2) is 0 Å². The molecular weight excluding hydrogens is 308 g/mol. The van der Waals surface area contributed by atoms with Crippen LogP contribution in [0.3, 0.4) is 0 Å². The van der Waals surface area contributed by atoms with E-state index < -0.39 is 0 Å². The molecule has 1 heterocycles. The fraction of sp³-hybridized carbons (Fsp3) is 0.381. The standard InChI is InChI=1S/C21H26N4/c1-18(16-23-17-20-9-7-19(15-22)8-10-20)24-11-13-25(14-12-24)21-5-3-2-4-6-21/h2-10,18,23H,11-14,16-17H2,1H3. The molecule has 1 aliphatic heterocycles. The van der Waals surface area contributed by atoms with Gasteiger partial charge in [0.1, 0.15) is 0 Å². The maximum absolute atomic E-state index is 8.84. The van der Waals surface area contributed by atoms with Gasteiger partial charge in [0.05, 0.1) is 11.6 Å². The molecule has 1 aliphatic rings. The molecule has 0 bridgehead atoms. The average molecular weight is 334 g/mol. The van der Waals surface area contributed by atoms with Crippen LogP contribution in [0.5, 0.6) is 0 Å². The second-order valence-electron chi connectivity index (χ2n) is 6.65. The predicted molar refractivity (Wildman–Crippen MR) is 103 cm³/mol. The van der Waals surface area contributed by atoms with Gasteiger partial charge in [-0.15, -0.1) is 0 Å². The van der Waals surface area contributed by atoms with Crippen LogP contribution in [0, 0.1) is 11.3 Å². The number of rotatable bonds is 6. The van der Waals surface area contributed by atoms with Gasteiger partial charge in [-0.05, 0) is 36.8 Å². The summed E-state index contributed by atoms with van der Waals surface area (Å²) in [5, 5.41) is 12.4. The smallest absolute Gasteiger partial charge is 0.0991 e. The molecule has 0 spiro atoms. The Kier molecular flexibility index (Phi) is 6.05. The Bertz CT molecular complexity index is 682. The molecule has 130 valence electrons. The molecule has 0 aliphatic carbocycles. The van der Waals surface area contributed by atoms with E-state index in [-0.39, 0.29) is 0 Å². The quantitative estimate of drug-likeness (QED) is 0.882.